The molecule has 0 fully saturated rings. The van der Waals surface area contributed by atoms with Gasteiger partial charge in [0.05, 0.1) is 28.2 Å². The van der Waals surface area contributed by atoms with Crippen LogP contribution in [0.3, 0.4) is 0 Å². The Hall–Kier alpha value is -3.53. The minimum absolute atomic E-state index is 0.0553. The molecule has 132 valence electrons. The second-order valence-electron chi connectivity index (χ2n) is 5.12. The number of aromatic amines is 1. The molecular weight excluding hydrogens is 360 g/mol. The molecule has 0 radical (unpaired) electrons. The maximum absolute atomic E-state index is 12.4. The minimum atomic E-state index is -0.775. The number of H-pyrrole nitrogens is 1. The van der Waals surface area contributed by atoms with Crippen molar-refractivity contribution in [2.45, 2.75) is 0 Å². The number of nitro benzene ring substituents is 1. The molecule has 1 aromatic carbocycles. The third-order valence-corrected chi connectivity index (χ3v) is 4.32. The fourth-order valence-corrected chi connectivity index (χ4v) is 2.91. The maximum atomic E-state index is 12.4. The Kier molecular flexibility index (Phi) is 4.76. The standard InChI is InChI=1S/C16H12N4O5S/c1-25-16(22)10-5-9(6-11(7-10)20(23)24)15(21)17-14-8-12(18-19-14)13-3-2-4-26-13/h2-8H,1H3,(H2,17,18,19,21). The van der Waals surface area contributed by atoms with E-state index in [2.05, 4.69) is 20.3 Å². The number of anilines is 1. The highest BCUT2D eigenvalue weighted by Gasteiger charge is 2.19. The average molecular weight is 372 g/mol. The van der Waals surface area contributed by atoms with Crippen LogP contribution in [0.5, 0.6) is 0 Å². The zero-order chi connectivity index (χ0) is 18.7. The largest absolute Gasteiger partial charge is 0.465 e. The molecule has 0 aliphatic rings. The van der Waals surface area contributed by atoms with Gasteiger partial charge in [-0.25, -0.2) is 4.79 Å². The number of hydrogen-bond acceptors (Lipinski definition) is 7. The second-order valence-corrected chi connectivity index (χ2v) is 6.06. The Morgan fingerprint density at radius 3 is 2.69 bits per heavy atom. The summed E-state index contributed by atoms with van der Waals surface area (Å²) in [4.78, 5) is 35.4. The van der Waals surface area contributed by atoms with E-state index >= 15 is 0 Å². The van der Waals surface area contributed by atoms with Crippen LogP contribution in [0.25, 0.3) is 10.6 Å². The number of ether oxygens (including phenoxy) is 1. The summed E-state index contributed by atoms with van der Waals surface area (Å²) in [5.41, 5.74) is 0.192. The number of thiophene rings is 1. The molecule has 3 aromatic rings. The van der Waals surface area contributed by atoms with Crippen molar-refractivity contribution in [1.29, 1.82) is 0 Å². The first-order chi connectivity index (χ1) is 12.5. The predicted molar refractivity (Wildman–Crippen MR) is 94.3 cm³/mol. The van der Waals surface area contributed by atoms with Gasteiger partial charge in [0.2, 0.25) is 0 Å². The number of esters is 1. The molecule has 0 saturated carbocycles. The van der Waals surface area contributed by atoms with Crippen molar-refractivity contribution in [1.82, 2.24) is 10.2 Å². The average Bonchev–Trinajstić information content (AvgIpc) is 3.32. The Labute approximate surface area is 150 Å². The molecule has 2 N–H and O–H groups in total. The number of carbonyl (C=O) groups excluding carboxylic acids is 2. The van der Waals surface area contributed by atoms with Gasteiger partial charge in [0.25, 0.3) is 11.6 Å². The van der Waals surface area contributed by atoms with Crippen LogP contribution in [0.1, 0.15) is 20.7 Å². The van der Waals surface area contributed by atoms with Crippen molar-refractivity contribution in [2.75, 3.05) is 12.4 Å². The number of aromatic nitrogens is 2. The third-order valence-electron chi connectivity index (χ3n) is 3.42. The van der Waals surface area contributed by atoms with Gasteiger partial charge >= 0.3 is 5.97 Å². The summed E-state index contributed by atoms with van der Waals surface area (Å²) in [6, 6.07) is 8.77. The number of hydrogen-bond donors (Lipinski definition) is 2. The van der Waals surface area contributed by atoms with Gasteiger partial charge in [0, 0.05) is 23.8 Å². The molecule has 0 atom stereocenters. The summed E-state index contributed by atoms with van der Waals surface area (Å²) in [6.07, 6.45) is 0. The fourth-order valence-electron chi connectivity index (χ4n) is 2.22. The first-order valence-electron chi connectivity index (χ1n) is 7.26. The molecule has 0 saturated heterocycles. The first-order valence-corrected chi connectivity index (χ1v) is 8.14. The van der Waals surface area contributed by atoms with E-state index in [4.69, 9.17) is 0 Å². The van der Waals surface area contributed by atoms with Crippen LogP contribution < -0.4 is 5.32 Å². The Morgan fingerprint density at radius 2 is 2.04 bits per heavy atom. The van der Waals surface area contributed by atoms with Crippen LogP contribution >= 0.6 is 11.3 Å². The summed E-state index contributed by atoms with van der Waals surface area (Å²) in [6.45, 7) is 0. The smallest absolute Gasteiger partial charge is 0.338 e. The Bertz CT molecular complexity index is 980. The molecule has 9 nitrogen and oxygen atoms in total. The van der Waals surface area contributed by atoms with Gasteiger partial charge in [0.15, 0.2) is 5.82 Å². The van der Waals surface area contributed by atoms with E-state index in [1.807, 2.05) is 17.5 Å². The number of methoxy groups -OCH3 is 1. The SMILES string of the molecule is COC(=O)c1cc(C(=O)Nc2cc(-c3cccs3)[nH]n2)cc([N+](=O)[O-])c1. The van der Waals surface area contributed by atoms with Gasteiger partial charge < -0.3 is 10.1 Å². The molecular formula is C16H12N4O5S. The first kappa shape index (κ1) is 17.3. The topological polar surface area (TPSA) is 127 Å². The molecule has 3 rings (SSSR count). The molecule has 0 bridgehead atoms. The highest BCUT2D eigenvalue weighted by molar-refractivity contribution is 7.13. The number of amides is 1. The number of rotatable bonds is 5. The third kappa shape index (κ3) is 3.59. The van der Waals surface area contributed by atoms with Gasteiger partial charge in [0.1, 0.15) is 0 Å². The zero-order valence-electron chi connectivity index (χ0n) is 13.4. The van der Waals surface area contributed by atoms with E-state index in [0.717, 1.165) is 29.8 Å². The Morgan fingerprint density at radius 1 is 1.27 bits per heavy atom. The fraction of sp³-hybridized carbons (Fsp3) is 0.0625. The van der Waals surface area contributed by atoms with E-state index < -0.39 is 16.8 Å². The summed E-state index contributed by atoms with van der Waals surface area (Å²) < 4.78 is 4.56. The highest BCUT2D eigenvalue weighted by Crippen LogP contribution is 2.25. The highest BCUT2D eigenvalue weighted by atomic mass is 32.1. The summed E-state index contributed by atoms with van der Waals surface area (Å²) in [5.74, 6) is -1.16. The van der Waals surface area contributed by atoms with Gasteiger partial charge in [-0.2, -0.15) is 5.10 Å². The summed E-state index contributed by atoms with van der Waals surface area (Å²) in [5, 5.41) is 22.3. The van der Waals surface area contributed by atoms with Crippen molar-refractivity contribution in [3.63, 3.8) is 0 Å². The summed E-state index contributed by atoms with van der Waals surface area (Å²) in [7, 11) is 1.15. The molecule has 0 unspecified atom stereocenters. The lowest BCUT2D eigenvalue weighted by molar-refractivity contribution is -0.384. The van der Waals surface area contributed by atoms with Crippen molar-refractivity contribution in [3.05, 3.63) is 63.0 Å². The van der Waals surface area contributed by atoms with Crippen molar-refractivity contribution in [3.8, 4) is 10.6 Å². The van der Waals surface area contributed by atoms with Crippen LogP contribution in [0.15, 0.2) is 41.8 Å². The van der Waals surface area contributed by atoms with Crippen LogP contribution in [-0.2, 0) is 4.74 Å². The number of non-ortho nitro benzene ring substituents is 1. The van der Waals surface area contributed by atoms with E-state index in [1.54, 1.807) is 6.07 Å². The van der Waals surface area contributed by atoms with Crippen LogP contribution in [0.2, 0.25) is 0 Å². The van der Waals surface area contributed by atoms with Crippen LogP contribution in [0, 0.1) is 10.1 Å². The maximum Gasteiger partial charge on any atom is 0.338 e. The monoisotopic (exact) mass is 372 g/mol. The minimum Gasteiger partial charge on any atom is -0.465 e. The molecule has 1 amide bonds. The molecule has 10 heteroatoms. The molecule has 0 spiro atoms. The van der Waals surface area contributed by atoms with Crippen molar-refractivity contribution >= 4 is 34.7 Å². The number of nitrogens with zero attached hydrogens (tertiary/aromatic N) is 2. The lowest BCUT2D eigenvalue weighted by Crippen LogP contribution is -2.14. The van der Waals surface area contributed by atoms with Crippen molar-refractivity contribution < 1.29 is 19.2 Å². The van der Waals surface area contributed by atoms with Gasteiger partial charge in [-0.15, -0.1) is 11.3 Å². The van der Waals surface area contributed by atoms with Crippen LogP contribution in [-0.4, -0.2) is 34.1 Å². The molecule has 2 aromatic heterocycles. The summed E-state index contributed by atoms with van der Waals surface area (Å²) >= 11 is 1.51. The van der Waals surface area contributed by atoms with Gasteiger partial charge in [-0.1, -0.05) is 6.07 Å². The number of nitrogens with one attached hydrogen (secondary N) is 2. The van der Waals surface area contributed by atoms with E-state index in [0.29, 0.717) is 0 Å². The second kappa shape index (κ2) is 7.15. The van der Waals surface area contributed by atoms with Gasteiger partial charge in [-0.3, -0.25) is 20.0 Å². The lowest BCUT2D eigenvalue weighted by Gasteiger charge is -2.05. The lowest BCUT2D eigenvalue weighted by atomic mass is 10.1. The van der Waals surface area contributed by atoms with Crippen LogP contribution in [0.4, 0.5) is 11.5 Å². The van der Waals surface area contributed by atoms with E-state index in [-0.39, 0.29) is 22.6 Å². The predicted octanol–water partition coefficient (Wildman–Crippen LogP) is 3.09. The van der Waals surface area contributed by atoms with Crippen molar-refractivity contribution in [2.24, 2.45) is 0 Å². The van der Waals surface area contributed by atoms with Gasteiger partial charge in [-0.05, 0) is 17.5 Å². The molecule has 0 aliphatic carbocycles. The quantitative estimate of drug-likeness (QED) is 0.402. The molecule has 0 aliphatic heterocycles. The Balaban J connectivity index is 1.86. The van der Waals surface area contributed by atoms with E-state index in [1.165, 1.54) is 17.4 Å². The number of nitro groups is 1. The number of benzene rings is 1. The van der Waals surface area contributed by atoms with E-state index in [9.17, 15) is 19.7 Å². The molecule has 26 heavy (non-hydrogen) atoms. The molecule has 2 heterocycles. The zero-order valence-corrected chi connectivity index (χ0v) is 14.2. The normalized spacial score (nSPS) is 10.3. The number of carbonyl (C=O) groups is 2.